The van der Waals surface area contributed by atoms with E-state index in [9.17, 15) is 4.79 Å². The molecule has 2 aromatic rings. The van der Waals surface area contributed by atoms with Crippen molar-refractivity contribution in [1.29, 1.82) is 0 Å². The van der Waals surface area contributed by atoms with Gasteiger partial charge in [0.15, 0.2) is 11.5 Å². The highest BCUT2D eigenvalue weighted by Gasteiger charge is 2.18. The third kappa shape index (κ3) is 5.08. The molecular weight excluding hydrogens is 350 g/mol. The summed E-state index contributed by atoms with van der Waals surface area (Å²) in [6.07, 6.45) is 0. The molecule has 1 N–H and O–H groups in total. The first-order valence-corrected chi connectivity index (χ1v) is 9.36. The van der Waals surface area contributed by atoms with Crippen LogP contribution in [0, 0.1) is 0 Å². The molecule has 0 aromatic heterocycles. The van der Waals surface area contributed by atoms with Gasteiger partial charge < -0.3 is 19.5 Å². The smallest absolute Gasteiger partial charge is 0.233 e. The number of hydrogen-bond acceptors (Lipinski definition) is 5. The standard InChI is InChI=1S/C20H25NO4S/c1-14(26-13-15-8-6-5-7-9-15)20(22)21-12-16-10-11-17(23-2)19(25-4)18(16)24-3/h5-11,14H,12-13H2,1-4H3,(H,21,22). The van der Waals surface area contributed by atoms with Crippen LogP contribution in [0.3, 0.4) is 0 Å². The molecule has 1 unspecified atom stereocenters. The Bertz CT molecular complexity index is 721. The van der Waals surface area contributed by atoms with E-state index in [2.05, 4.69) is 17.4 Å². The van der Waals surface area contributed by atoms with Gasteiger partial charge in [0, 0.05) is 17.9 Å². The number of carbonyl (C=O) groups excluding carboxylic acids is 1. The van der Waals surface area contributed by atoms with Gasteiger partial charge >= 0.3 is 0 Å². The summed E-state index contributed by atoms with van der Waals surface area (Å²) >= 11 is 1.61. The van der Waals surface area contributed by atoms with Crippen LogP contribution in [0.5, 0.6) is 17.2 Å². The Balaban J connectivity index is 1.96. The molecule has 1 atom stereocenters. The van der Waals surface area contributed by atoms with Crippen LogP contribution in [0.4, 0.5) is 0 Å². The minimum Gasteiger partial charge on any atom is -0.493 e. The van der Waals surface area contributed by atoms with Crippen molar-refractivity contribution in [1.82, 2.24) is 5.32 Å². The Kier molecular flexibility index (Phi) is 7.66. The monoisotopic (exact) mass is 375 g/mol. The molecule has 0 heterocycles. The molecule has 0 aliphatic heterocycles. The maximum absolute atomic E-state index is 12.4. The Morgan fingerprint density at radius 3 is 2.31 bits per heavy atom. The summed E-state index contributed by atoms with van der Waals surface area (Å²) < 4.78 is 16.1. The largest absolute Gasteiger partial charge is 0.493 e. The summed E-state index contributed by atoms with van der Waals surface area (Å²) in [4.78, 5) is 12.4. The van der Waals surface area contributed by atoms with E-state index in [1.807, 2.05) is 31.2 Å². The summed E-state index contributed by atoms with van der Waals surface area (Å²) in [7, 11) is 4.70. The Labute approximate surface area is 159 Å². The van der Waals surface area contributed by atoms with Crippen molar-refractivity contribution in [3.8, 4) is 17.2 Å². The van der Waals surface area contributed by atoms with E-state index in [1.165, 1.54) is 5.56 Å². The van der Waals surface area contributed by atoms with Gasteiger partial charge in [-0.3, -0.25) is 4.79 Å². The summed E-state index contributed by atoms with van der Waals surface area (Å²) in [6, 6.07) is 13.8. The normalized spacial score (nSPS) is 11.5. The van der Waals surface area contributed by atoms with Crippen LogP contribution >= 0.6 is 11.8 Å². The number of carbonyl (C=O) groups is 1. The number of nitrogens with one attached hydrogen (secondary N) is 1. The lowest BCUT2D eigenvalue weighted by Gasteiger charge is -2.17. The topological polar surface area (TPSA) is 56.8 Å². The van der Waals surface area contributed by atoms with Crippen molar-refractivity contribution >= 4 is 17.7 Å². The highest BCUT2D eigenvalue weighted by molar-refractivity contribution is 7.99. The number of benzene rings is 2. The van der Waals surface area contributed by atoms with Gasteiger partial charge in [0.1, 0.15) is 0 Å². The molecule has 0 radical (unpaired) electrons. The number of hydrogen-bond donors (Lipinski definition) is 1. The lowest BCUT2D eigenvalue weighted by molar-refractivity contribution is -0.120. The zero-order chi connectivity index (χ0) is 18.9. The van der Waals surface area contributed by atoms with Gasteiger partial charge in [-0.15, -0.1) is 11.8 Å². The van der Waals surface area contributed by atoms with Crippen molar-refractivity contribution < 1.29 is 19.0 Å². The molecule has 2 aromatic carbocycles. The number of thioether (sulfide) groups is 1. The summed E-state index contributed by atoms with van der Waals surface area (Å²) in [5.41, 5.74) is 2.04. The van der Waals surface area contributed by atoms with Crippen LogP contribution in [0.25, 0.3) is 0 Å². The van der Waals surface area contributed by atoms with E-state index in [1.54, 1.807) is 39.2 Å². The van der Waals surface area contributed by atoms with Gasteiger partial charge in [0.2, 0.25) is 11.7 Å². The number of methoxy groups -OCH3 is 3. The SMILES string of the molecule is COc1ccc(CNC(=O)C(C)SCc2ccccc2)c(OC)c1OC. The van der Waals surface area contributed by atoms with E-state index in [0.717, 1.165) is 11.3 Å². The van der Waals surface area contributed by atoms with Crippen LogP contribution in [-0.2, 0) is 17.1 Å². The van der Waals surface area contributed by atoms with Crippen LogP contribution in [0.2, 0.25) is 0 Å². The highest BCUT2D eigenvalue weighted by Crippen LogP contribution is 2.39. The maximum atomic E-state index is 12.4. The van der Waals surface area contributed by atoms with E-state index >= 15 is 0 Å². The highest BCUT2D eigenvalue weighted by atomic mass is 32.2. The molecule has 26 heavy (non-hydrogen) atoms. The molecule has 2 rings (SSSR count). The molecule has 1 amide bonds. The van der Waals surface area contributed by atoms with E-state index in [0.29, 0.717) is 23.8 Å². The third-order valence-corrected chi connectivity index (χ3v) is 5.16. The van der Waals surface area contributed by atoms with Crippen LogP contribution < -0.4 is 19.5 Å². The summed E-state index contributed by atoms with van der Waals surface area (Å²) in [6.45, 7) is 2.27. The fourth-order valence-electron chi connectivity index (χ4n) is 2.50. The summed E-state index contributed by atoms with van der Waals surface area (Å²) in [5, 5.41) is 2.81. The maximum Gasteiger partial charge on any atom is 0.233 e. The quantitative estimate of drug-likeness (QED) is 0.725. The zero-order valence-electron chi connectivity index (χ0n) is 15.6. The number of amides is 1. The van der Waals surface area contributed by atoms with Gasteiger partial charge in [-0.2, -0.15) is 0 Å². The van der Waals surface area contributed by atoms with Crippen LogP contribution in [0.1, 0.15) is 18.1 Å². The van der Waals surface area contributed by atoms with Gasteiger partial charge in [-0.05, 0) is 24.6 Å². The minimum absolute atomic E-state index is 0.0113. The molecule has 0 bridgehead atoms. The molecule has 0 saturated carbocycles. The van der Waals surface area contributed by atoms with Crippen LogP contribution in [0.15, 0.2) is 42.5 Å². The second kappa shape index (κ2) is 9.97. The lowest BCUT2D eigenvalue weighted by atomic mass is 10.1. The van der Waals surface area contributed by atoms with Gasteiger partial charge in [0.05, 0.1) is 26.6 Å². The van der Waals surface area contributed by atoms with Gasteiger partial charge in [0.25, 0.3) is 0 Å². The average molecular weight is 375 g/mol. The fourth-order valence-corrected chi connectivity index (χ4v) is 3.37. The molecule has 0 fully saturated rings. The molecule has 0 spiro atoms. The minimum atomic E-state index is -0.152. The average Bonchev–Trinajstić information content (AvgIpc) is 2.69. The van der Waals surface area contributed by atoms with Gasteiger partial charge in [-0.25, -0.2) is 0 Å². The predicted molar refractivity (Wildman–Crippen MR) is 105 cm³/mol. The second-order valence-electron chi connectivity index (χ2n) is 5.65. The molecule has 5 nitrogen and oxygen atoms in total. The molecular formula is C20H25NO4S. The van der Waals surface area contributed by atoms with Crippen molar-refractivity contribution in [2.24, 2.45) is 0 Å². The molecule has 0 aliphatic carbocycles. The van der Waals surface area contributed by atoms with Crippen molar-refractivity contribution in [3.05, 3.63) is 53.6 Å². The fraction of sp³-hybridized carbons (Fsp3) is 0.350. The Morgan fingerprint density at radius 1 is 1.00 bits per heavy atom. The first kappa shape index (κ1) is 20.0. The Morgan fingerprint density at radius 2 is 1.69 bits per heavy atom. The Hall–Kier alpha value is -2.34. The first-order valence-electron chi connectivity index (χ1n) is 8.31. The number of rotatable bonds is 9. The third-order valence-electron chi connectivity index (χ3n) is 3.95. The van der Waals surface area contributed by atoms with E-state index < -0.39 is 0 Å². The molecule has 0 aliphatic rings. The van der Waals surface area contributed by atoms with Gasteiger partial charge in [-0.1, -0.05) is 30.3 Å². The summed E-state index contributed by atoms with van der Waals surface area (Å²) in [5.74, 6) is 2.47. The number of ether oxygens (including phenoxy) is 3. The van der Waals surface area contributed by atoms with Crippen molar-refractivity contribution in [3.63, 3.8) is 0 Å². The van der Waals surface area contributed by atoms with E-state index in [4.69, 9.17) is 14.2 Å². The zero-order valence-corrected chi connectivity index (χ0v) is 16.4. The van der Waals surface area contributed by atoms with Crippen LogP contribution in [-0.4, -0.2) is 32.5 Å². The van der Waals surface area contributed by atoms with Crippen molar-refractivity contribution in [2.75, 3.05) is 21.3 Å². The molecule has 6 heteroatoms. The molecule has 0 saturated heterocycles. The van der Waals surface area contributed by atoms with Crippen molar-refractivity contribution in [2.45, 2.75) is 24.5 Å². The molecule has 140 valence electrons. The lowest BCUT2D eigenvalue weighted by Crippen LogP contribution is -2.30. The first-order chi connectivity index (χ1) is 12.6. The predicted octanol–water partition coefficient (Wildman–Crippen LogP) is 3.65. The van der Waals surface area contributed by atoms with E-state index in [-0.39, 0.29) is 11.2 Å². The second-order valence-corrected chi connectivity index (χ2v) is 6.98.